The van der Waals surface area contributed by atoms with Crippen molar-refractivity contribution < 1.29 is 24.5 Å². The highest BCUT2D eigenvalue weighted by atomic mass is 16.5. The highest BCUT2D eigenvalue weighted by Crippen LogP contribution is 2.44. The van der Waals surface area contributed by atoms with Crippen LogP contribution in [0.1, 0.15) is 35.1 Å². The van der Waals surface area contributed by atoms with Crippen LogP contribution in [0.15, 0.2) is 72.8 Å². The summed E-state index contributed by atoms with van der Waals surface area (Å²) in [4.78, 5) is 12.2. The summed E-state index contributed by atoms with van der Waals surface area (Å²) in [6.07, 6.45) is -2.47. The first-order valence-electron chi connectivity index (χ1n) is 10.7. The highest BCUT2D eigenvalue weighted by Gasteiger charge is 2.29. The van der Waals surface area contributed by atoms with Gasteiger partial charge in [-0.2, -0.15) is 0 Å². The Morgan fingerprint density at radius 2 is 1.62 bits per heavy atom. The maximum Gasteiger partial charge on any atom is 0.407 e. The van der Waals surface area contributed by atoms with Crippen LogP contribution >= 0.6 is 0 Å². The molecule has 3 aromatic carbocycles. The summed E-state index contributed by atoms with van der Waals surface area (Å²) in [7, 11) is 1.54. The van der Waals surface area contributed by atoms with Gasteiger partial charge in [-0.3, -0.25) is 0 Å². The van der Waals surface area contributed by atoms with E-state index < -0.39 is 18.3 Å². The Kier molecular flexibility index (Phi) is 6.73. The minimum atomic E-state index is -1.07. The van der Waals surface area contributed by atoms with Crippen molar-refractivity contribution in [3.8, 4) is 16.9 Å². The average molecular weight is 434 g/mol. The largest absolute Gasteiger partial charge is 0.497 e. The molecule has 32 heavy (non-hydrogen) atoms. The topological polar surface area (TPSA) is 88.0 Å². The van der Waals surface area contributed by atoms with Gasteiger partial charge < -0.3 is 25.0 Å². The van der Waals surface area contributed by atoms with Gasteiger partial charge in [-0.25, -0.2) is 4.79 Å². The Bertz CT molecular complexity index is 1040. The normalized spacial score (nSPS) is 14.2. The van der Waals surface area contributed by atoms with Gasteiger partial charge in [0.2, 0.25) is 0 Å². The van der Waals surface area contributed by atoms with Crippen molar-refractivity contribution in [3.05, 3.63) is 89.5 Å². The number of amides is 1. The molecule has 0 heterocycles. The fraction of sp³-hybridized carbons (Fsp3) is 0.269. The number of methoxy groups -OCH3 is 1. The molecular weight excluding hydrogens is 406 g/mol. The van der Waals surface area contributed by atoms with Gasteiger partial charge in [-0.05, 0) is 46.4 Å². The van der Waals surface area contributed by atoms with Crippen LogP contribution in [-0.4, -0.2) is 42.7 Å². The van der Waals surface area contributed by atoms with Gasteiger partial charge in [-0.1, -0.05) is 60.7 Å². The smallest absolute Gasteiger partial charge is 0.407 e. The lowest BCUT2D eigenvalue weighted by Gasteiger charge is -2.19. The first kappa shape index (κ1) is 21.9. The predicted molar refractivity (Wildman–Crippen MR) is 122 cm³/mol. The van der Waals surface area contributed by atoms with E-state index in [9.17, 15) is 15.0 Å². The summed E-state index contributed by atoms with van der Waals surface area (Å²) in [5.74, 6) is 0.596. The first-order valence-corrected chi connectivity index (χ1v) is 10.7. The number of aliphatic hydroxyl groups is 2. The van der Waals surface area contributed by atoms with Crippen molar-refractivity contribution in [2.45, 2.75) is 24.5 Å². The van der Waals surface area contributed by atoms with Crippen LogP contribution in [0.5, 0.6) is 5.75 Å². The van der Waals surface area contributed by atoms with Crippen LogP contribution in [0.3, 0.4) is 0 Å². The van der Waals surface area contributed by atoms with Crippen LogP contribution in [0.4, 0.5) is 4.79 Å². The molecule has 0 saturated heterocycles. The number of hydrogen-bond acceptors (Lipinski definition) is 5. The molecule has 3 aromatic rings. The van der Waals surface area contributed by atoms with Crippen molar-refractivity contribution in [2.24, 2.45) is 0 Å². The Labute approximate surface area is 187 Å². The number of hydrogen-bond donors (Lipinski definition) is 3. The standard InChI is InChI=1S/C26H27NO5/c1-31-18-8-6-7-17(15-18)25(29)24(28)13-14-27-26(30)32-16-23-21-11-4-2-9-19(21)20-10-3-5-12-22(20)23/h2-12,15,23-25,28-29H,13-14,16H2,1H3,(H,27,30). The van der Waals surface area contributed by atoms with Gasteiger partial charge in [0, 0.05) is 12.5 Å². The van der Waals surface area contributed by atoms with E-state index in [4.69, 9.17) is 9.47 Å². The third kappa shape index (κ3) is 4.61. The number of benzene rings is 3. The Morgan fingerprint density at radius 1 is 0.969 bits per heavy atom. The number of ether oxygens (including phenoxy) is 2. The predicted octanol–water partition coefficient (Wildman–Crippen LogP) is 4.02. The molecule has 3 N–H and O–H groups in total. The molecule has 0 aliphatic heterocycles. The summed E-state index contributed by atoms with van der Waals surface area (Å²) in [6.45, 7) is 0.410. The second kappa shape index (κ2) is 9.85. The minimum Gasteiger partial charge on any atom is -0.497 e. The molecule has 1 aliphatic rings. The van der Waals surface area contributed by atoms with Crippen LogP contribution in [0.25, 0.3) is 11.1 Å². The van der Waals surface area contributed by atoms with E-state index in [1.54, 1.807) is 31.4 Å². The van der Waals surface area contributed by atoms with Crippen molar-refractivity contribution in [1.29, 1.82) is 0 Å². The molecule has 4 rings (SSSR count). The van der Waals surface area contributed by atoms with Crippen molar-refractivity contribution in [1.82, 2.24) is 5.32 Å². The summed E-state index contributed by atoms with van der Waals surface area (Å²) in [5.41, 5.74) is 5.20. The fourth-order valence-electron chi connectivity index (χ4n) is 4.18. The molecule has 2 unspecified atom stereocenters. The summed E-state index contributed by atoms with van der Waals surface area (Å²) in [5, 5.41) is 23.3. The second-order valence-corrected chi connectivity index (χ2v) is 7.83. The maximum atomic E-state index is 12.2. The minimum absolute atomic E-state index is 0.00590. The Morgan fingerprint density at radius 3 is 2.28 bits per heavy atom. The third-order valence-electron chi connectivity index (χ3n) is 5.85. The molecule has 1 amide bonds. The molecule has 0 spiro atoms. The first-order chi connectivity index (χ1) is 15.6. The molecule has 6 nitrogen and oxygen atoms in total. The summed E-state index contributed by atoms with van der Waals surface area (Å²) in [6, 6.07) is 23.2. The number of aliphatic hydroxyl groups excluding tert-OH is 2. The second-order valence-electron chi connectivity index (χ2n) is 7.83. The fourth-order valence-corrected chi connectivity index (χ4v) is 4.18. The van der Waals surface area contributed by atoms with Gasteiger partial charge in [0.1, 0.15) is 18.5 Å². The van der Waals surface area contributed by atoms with Crippen molar-refractivity contribution in [2.75, 3.05) is 20.3 Å². The Hall–Kier alpha value is -3.35. The number of carbonyl (C=O) groups is 1. The zero-order valence-corrected chi connectivity index (χ0v) is 17.9. The average Bonchev–Trinajstić information content (AvgIpc) is 3.16. The summed E-state index contributed by atoms with van der Waals surface area (Å²) >= 11 is 0. The zero-order valence-electron chi connectivity index (χ0n) is 17.9. The van der Waals surface area contributed by atoms with Crippen molar-refractivity contribution in [3.63, 3.8) is 0 Å². The lowest BCUT2D eigenvalue weighted by atomic mass is 9.98. The number of fused-ring (bicyclic) bond motifs is 3. The van der Waals surface area contributed by atoms with E-state index in [0.717, 1.165) is 11.1 Å². The molecule has 1 aliphatic carbocycles. The monoisotopic (exact) mass is 433 g/mol. The van der Waals surface area contributed by atoms with E-state index in [1.165, 1.54) is 11.1 Å². The molecular formula is C26H27NO5. The SMILES string of the molecule is COc1cccc(C(O)C(O)CCNC(=O)OCC2c3ccccc3-c3ccccc32)c1. The molecule has 6 heteroatoms. The quantitative estimate of drug-likeness (QED) is 0.499. The van der Waals surface area contributed by atoms with Gasteiger partial charge >= 0.3 is 6.09 Å². The number of alkyl carbamates (subject to hydrolysis) is 1. The molecule has 0 bridgehead atoms. The summed E-state index contributed by atoms with van der Waals surface area (Å²) < 4.78 is 10.6. The highest BCUT2D eigenvalue weighted by molar-refractivity contribution is 5.79. The Balaban J connectivity index is 1.28. The van der Waals surface area contributed by atoms with E-state index in [0.29, 0.717) is 11.3 Å². The third-order valence-corrected chi connectivity index (χ3v) is 5.85. The van der Waals surface area contributed by atoms with Crippen LogP contribution in [0.2, 0.25) is 0 Å². The lowest BCUT2D eigenvalue weighted by molar-refractivity contribution is 0.0136. The van der Waals surface area contributed by atoms with Gasteiger partial charge in [-0.15, -0.1) is 0 Å². The number of nitrogens with one attached hydrogen (secondary N) is 1. The molecule has 0 fully saturated rings. The van der Waals surface area contributed by atoms with Gasteiger partial charge in [0.25, 0.3) is 0 Å². The molecule has 0 aromatic heterocycles. The number of carbonyl (C=O) groups excluding carboxylic acids is 1. The van der Waals surface area contributed by atoms with Crippen molar-refractivity contribution >= 4 is 6.09 Å². The molecule has 0 radical (unpaired) electrons. The maximum absolute atomic E-state index is 12.2. The zero-order chi connectivity index (χ0) is 22.5. The van der Waals surface area contributed by atoms with E-state index in [1.807, 2.05) is 24.3 Å². The molecule has 2 atom stereocenters. The lowest BCUT2D eigenvalue weighted by Crippen LogP contribution is -2.30. The van der Waals surface area contributed by atoms with E-state index >= 15 is 0 Å². The van der Waals surface area contributed by atoms with E-state index in [-0.39, 0.29) is 25.5 Å². The molecule has 0 saturated carbocycles. The number of rotatable bonds is 8. The van der Waals surface area contributed by atoms with Crippen LogP contribution in [0, 0.1) is 0 Å². The van der Waals surface area contributed by atoms with Crippen LogP contribution < -0.4 is 10.1 Å². The molecule has 166 valence electrons. The van der Waals surface area contributed by atoms with Gasteiger partial charge in [0.05, 0.1) is 13.2 Å². The van der Waals surface area contributed by atoms with E-state index in [2.05, 4.69) is 29.6 Å². The van der Waals surface area contributed by atoms with Crippen LogP contribution in [-0.2, 0) is 4.74 Å². The van der Waals surface area contributed by atoms with Gasteiger partial charge in [0.15, 0.2) is 0 Å².